The molecule has 0 saturated carbocycles. The van der Waals surface area contributed by atoms with Gasteiger partial charge in [0.25, 0.3) is 10.0 Å². The number of aliphatic hydroxyl groups is 1. The summed E-state index contributed by atoms with van der Waals surface area (Å²) in [4.78, 5) is 23.3. The van der Waals surface area contributed by atoms with E-state index in [9.17, 15) is 18.3 Å². The molecule has 0 aliphatic carbocycles. The lowest BCUT2D eigenvalue weighted by Crippen LogP contribution is -2.47. The normalized spacial score (nSPS) is 14.5. The van der Waals surface area contributed by atoms with Gasteiger partial charge >= 0.3 is 0 Å². The van der Waals surface area contributed by atoms with E-state index < -0.39 is 28.2 Å². The molecule has 7 N–H and O–H groups in total. The lowest BCUT2D eigenvalue weighted by atomic mass is 10.0. The largest absolute Gasteiger partial charge is 0.496 e. The van der Waals surface area contributed by atoms with E-state index in [1.54, 1.807) is 38.4 Å². The van der Waals surface area contributed by atoms with Crippen LogP contribution in [-0.4, -0.2) is 81.7 Å². The SMILES string of the molecule is COc1cc(C)c(S(=O)(=O)NC(N)=NCCC[C@H](NC(=O)[C@@H](N)CCCCN(C)C)C(O)c2nccs2)c(C)c1C. The van der Waals surface area contributed by atoms with Gasteiger partial charge in [-0.1, -0.05) is 6.42 Å². The van der Waals surface area contributed by atoms with E-state index in [2.05, 4.69) is 24.9 Å². The second kappa shape index (κ2) is 16.0. The topological polar surface area (TPSA) is 185 Å². The number of aliphatic imine (C=N–C) groups is 1. The molecule has 14 heteroatoms. The number of benzene rings is 1. The number of unbranched alkanes of at least 4 members (excludes halogenated alkanes) is 1. The number of guanidine groups is 1. The molecule has 3 atom stereocenters. The molecule has 1 amide bonds. The molecule has 0 aliphatic heterocycles. The Balaban J connectivity index is 2.02. The van der Waals surface area contributed by atoms with Crippen molar-refractivity contribution in [2.45, 2.75) is 76.0 Å². The molecule has 2 rings (SSSR count). The number of nitrogens with two attached hydrogens (primary N) is 2. The van der Waals surface area contributed by atoms with Gasteiger partial charge in [0.05, 0.1) is 24.1 Å². The number of hydrogen-bond acceptors (Lipinski definition) is 10. The van der Waals surface area contributed by atoms with Crippen LogP contribution >= 0.6 is 11.3 Å². The number of hydrogen-bond donors (Lipinski definition) is 5. The number of aryl methyl sites for hydroxylation is 1. The van der Waals surface area contributed by atoms with Crippen molar-refractivity contribution in [2.24, 2.45) is 16.5 Å². The third-order valence-electron chi connectivity index (χ3n) is 6.78. The molecule has 2 aromatic rings. The fraction of sp³-hybridized carbons (Fsp3) is 0.593. The Kier molecular flexibility index (Phi) is 13.4. The van der Waals surface area contributed by atoms with Crippen molar-refractivity contribution in [2.75, 3.05) is 34.3 Å². The highest BCUT2D eigenvalue weighted by Crippen LogP contribution is 2.30. The van der Waals surface area contributed by atoms with Gasteiger partial charge in [0.1, 0.15) is 16.9 Å². The minimum absolute atomic E-state index is 0.126. The summed E-state index contributed by atoms with van der Waals surface area (Å²) < 4.78 is 33.9. The van der Waals surface area contributed by atoms with E-state index in [4.69, 9.17) is 16.2 Å². The first-order valence-electron chi connectivity index (χ1n) is 13.5. The molecule has 1 unspecified atom stereocenters. The van der Waals surface area contributed by atoms with Crippen LogP contribution in [0.1, 0.15) is 59.9 Å². The van der Waals surface area contributed by atoms with Crippen LogP contribution in [0.15, 0.2) is 27.5 Å². The van der Waals surface area contributed by atoms with Crippen molar-refractivity contribution in [3.8, 4) is 5.75 Å². The zero-order chi connectivity index (χ0) is 30.7. The molecule has 1 aromatic heterocycles. The number of ether oxygens (including phenoxy) is 1. The van der Waals surface area contributed by atoms with Gasteiger partial charge < -0.3 is 31.5 Å². The van der Waals surface area contributed by atoms with Crippen molar-refractivity contribution in [1.82, 2.24) is 19.9 Å². The minimum atomic E-state index is -3.99. The molecule has 0 bridgehead atoms. The Morgan fingerprint density at radius 3 is 2.51 bits per heavy atom. The van der Waals surface area contributed by atoms with Gasteiger partial charge in [-0.3, -0.25) is 9.79 Å². The lowest BCUT2D eigenvalue weighted by molar-refractivity contribution is -0.124. The van der Waals surface area contributed by atoms with Gasteiger partial charge in [0, 0.05) is 18.1 Å². The van der Waals surface area contributed by atoms with Crippen LogP contribution < -0.4 is 26.2 Å². The van der Waals surface area contributed by atoms with Crippen LogP contribution in [0.3, 0.4) is 0 Å². The number of methoxy groups -OCH3 is 1. The third-order valence-corrected chi connectivity index (χ3v) is 9.27. The number of sulfonamides is 1. The standard InChI is InChI=1S/C27H45N7O5S2/c1-17-16-22(39-6)18(2)19(3)24(17)41(37,38)33-27(29)31-12-9-11-21(23(35)26-30-13-15-40-26)32-25(36)20(28)10-7-8-14-34(4)5/h13,15-16,20-21,23,35H,7-12,14,28H2,1-6H3,(H,32,36)(H3,29,31,33)/t20-,21-,23?/m0/s1. The molecule has 1 aromatic carbocycles. The first kappa shape index (κ1) is 34.4. The molecule has 1 heterocycles. The molecule has 0 aliphatic rings. The monoisotopic (exact) mass is 611 g/mol. The quantitative estimate of drug-likeness (QED) is 0.107. The Morgan fingerprint density at radius 1 is 1.20 bits per heavy atom. The molecule has 0 fully saturated rings. The van der Waals surface area contributed by atoms with Gasteiger partial charge in [-0.2, -0.15) is 0 Å². The van der Waals surface area contributed by atoms with Gasteiger partial charge in [0.2, 0.25) is 11.9 Å². The minimum Gasteiger partial charge on any atom is -0.496 e. The van der Waals surface area contributed by atoms with Gasteiger partial charge in [-0.05, 0) is 89.9 Å². The average molecular weight is 612 g/mol. The second-order valence-electron chi connectivity index (χ2n) is 10.3. The van der Waals surface area contributed by atoms with E-state index in [-0.39, 0.29) is 23.3 Å². The van der Waals surface area contributed by atoms with E-state index in [1.807, 2.05) is 14.1 Å². The number of rotatable bonds is 16. The highest BCUT2D eigenvalue weighted by atomic mass is 32.2. The van der Waals surface area contributed by atoms with Crippen LogP contribution in [-0.2, 0) is 14.8 Å². The van der Waals surface area contributed by atoms with Crippen LogP contribution in [0.5, 0.6) is 5.75 Å². The number of nitrogens with zero attached hydrogens (tertiary/aromatic N) is 3. The van der Waals surface area contributed by atoms with Crippen LogP contribution in [0.25, 0.3) is 0 Å². The summed E-state index contributed by atoms with van der Waals surface area (Å²) in [6.07, 6.45) is 3.60. The maximum Gasteiger partial charge on any atom is 0.264 e. The van der Waals surface area contributed by atoms with E-state index >= 15 is 0 Å². The molecular formula is C27H45N7O5S2. The van der Waals surface area contributed by atoms with E-state index in [0.29, 0.717) is 46.7 Å². The number of carbonyl (C=O) groups excluding carboxylic acids is 1. The fourth-order valence-corrected chi connectivity index (χ4v) is 6.62. The first-order valence-corrected chi connectivity index (χ1v) is 15.9. The van der Waals surface area contributed by atoms with Crippen LogP contribution in [0.2, 0.25) is 0 Å². The van der Waals surface area contributed by atoms with Crippen molar-refractivity contribution < 1.29 is 23.1 Å². The number of amides is 1. The number of aromatic nitrogens is 1. The summed E-state index contributed by atoms with van der Waals surface area (Å²) in [5, 5.41) is 16.0. The summed E-state index contributed by atoms with van der Waals surface area (Å²) in [7, 11) is 1.53. The fourth-order valence-electron chi connectivity index (χ4n) is 4.45. The van der Waals surface area contributed by atoms with Crippen LogP contribution in [0, 0.1) is 20.8 Å². The van der Waals surface area contributed by atoms with Crippen molar-refractivity contribution in [1.29, 1.82) is 0 Å². The summed E-state index contributed by atoms with van der Waals surface area (Å²) >= 11 is 1.29. The molecule has 0 saturated heterocycles. The van der Waals surface area contributed by atoms with Crippen molar-refractivity contribution >= 4 is 33.2 Å². The smallest absolute Gasteiger partial charge is 0.264 e. The average Bonchev–Trinajstić information content (AvgIpc) is 3.44. The summed E-state index contributed by atoms with van der Waals surface area (Å²) in [5.74, 6) is 0.0114. The van der Waals surface area contributed by atoms with E-state index in [1.165, 1.54) is 18.4 Å². The summed E-state index contributed by atoms with van der Waals surface area (Å²) in [6, 6.07) is 0.323. The Labute approximate surface area is 247 Å². The highest BCUT2D eigenvalue weighted by molar-refractivity contribution is 7.90. The van der Waals surface area contributed by atoms with Crippen molar-refractivity contribution in [3.63, 3.8) is 0 Å². The van der Waals surface area contributed by atoms with Crippen molar-refractivity contribution in [3.05, 3.63) is 39.3 Å². The Morgan fingerprint density at radius 2 is 1.90 bits per heavy atom. The summed E-state index contributed by atoms with van der Waals surface area (Å²) in [6.45, 7) is 6.27. The molecule has 12 nitrogen and oxygen atoms in total. The van der Waals surface area contributed by atoms with E-state index in [0.717, 1.165) is 19.4 Å². The Hall–Kier alpha value is -2.78. The lowest BCUT2D eigenvalue weighted by Gasteiger charge is -2.24. The predicted octanol–water partition coefficient (Wildman–Crippen LogP) is 1.73. The molecule has 230 valence electrons. The molecular weight excluding hydrogens is 566 g/mol. The molecule has 0 spiro atoms. The maximum atomic E-state index is 13.1. The first-order chi connectivity index (χ1) is 19.3. The zero-order valence-corrected chi connectivity index (χ0v) is 26.4. The Bertz CT molecular complexity index is 1270. The predicted molar refractivity (Wildman–Crippen MR) is 163 cm³/mol. The highest BCUT2D eigenvalue weighted by Gasteiger charge is 2.27. The van der Waals surface area contributed by atoms with Gasteiger partial charge in [-0.25, -0.2) is 18.1 Å². The molecule has 0 radical (unpaired) electrons. The summed E-state index contributed by atoms with van der Waals surface area (Å²) in [5.41, 5.74) is 13.9. The van der Waals surface area contributed by atoms with Gasteiger partial charge in [0.15, 0.2) is 0 Å². The van der Waals surface area contributed by atoms with Crippen LogP contribution in [0.4, 0.5) is 0 Å². The molecule has 41 heavy (non-hydrogen) atoms. The number of aliphatic hydroxyl groups excluding tert-OH is 1. The maximum absolute atomic E-state index is 13.1. The zero-order valence-electron chi connectivity index (χ0n) is 24.8. The number of nitrogens with one attached hydrogen (secondary N) is 2. The number of carbonyl (C=O) groups is 1. The number of thiazole rings is 1. The third kappa shape index (κ3) is 10.2. The van der Waals surface area contributed by atoms with Gasteiger partial charge in [-0.15, -0.1) is 11.3 Å². The second-order valence-corrected chi connectivity index (χ2v) is 12.9.